The predicted molar refractivity (Wildman–Crippen MR) is 142 cm³/mol. The van der Waals surface area contributed by atoms with Crippen molar-refractivity contribution in [2.75, 3.05) is 6.61 Å². The van der Waals surface area contributed by atoms with E-state index >= 15 is 0 Å². The molecule has 1 aromatic carbocycles. The smallest absolute Gasteiger partial charge is 0.489 e. The molecule has 4 rings (SSSR count). The van der Waals surface area contributed by atoms with Crippen LogP contribution in [0.15, 0.2) is 60.9 Å². The van der Waals surface area contributed by atoms with Crippen LogP contribution in [0.3, 0.4) is 0 Å². The van der Waals surface area contributed by atoms with E-state index in [1.165, 1.54) is 12.8 Å². The molecule has 1 aliphatic heterocycles. The molecule has 36 heavy (non-hydrogen) atoms. The van der Waals surface area contributed by atoms with Crippen LogP contribution in [0.5, 0.6) is 5.75 Å². The summed E-state index contributed by atoms with van der Waals surface area (Å²) in [6, 6.07) is 15.9. The molecule has 192 valence electrons. The SMILES string of the molecule is CCOC(=O)Cc1ccccc1OCc1ccn(CC2CC2)cccc(B2OC(C)(C)C(C)(C)O2)c1. The summed E-state index contributed by atoms with van der Waals surface area (Å²) < 4.78 is 26.3. The molecule has 7 heteroatoms. The van der Waals surface area contributed by atoms with Gasteiger partial charge < -0.3 is 23.3 Å². The fourth-order valence-corrected chi connectivity index (χ4v) is 4.07. The second kappa shape index (κ2) is 11.1. The number of carbonyl (C=O) groups excluding carboxylic acids is 1. The minimum absolute atomic E-state index is 0.178. The standard InChI is InChI=1S/C29H38BNO5/c1-6-33-27(32)19-24-10-7-8-12-26(24)34-21-23-15-17-31(20-22-13-14-22)16-9-11-25(18-23)30-35-28(2,3)29(4,5)36-30/h7-12,15-18,22H,6,13-14,19-21H2,1-5H3. The summed E-state index contributed by atoms with van der Waals surface area (Å²) in [5.74, 6) is 1.17. The normalized spacial score (nSPS) is 18.0. The van der Waals surface area contributed by atoms with E-state index in [2.05, 4.69) is 68.9 Å². The molecule has 0 bridgehead atoms. The quantitative estimate of drug-likeness (QED) is 0.365. The van der Waals surface area contributed by atoms with Crippen LogP contribution in [-0.2, 0) is 38.4 Å². The fourth-order valence-electron chi connectivity index (χ4n) is 4.07. The Morgan fingerprint density at radius 1 is 1.03 bits per heavy atom. The van der Waals surface area contributed by atoms with Crippen LogP contribution < -0.4 is 10.2 Å². The van der Waals surface area contributed by atoms with E-state index < -0.39 is 18.3 Å². The zero-order valence-corrected chi connectivity index (χ0v) is 22.2. The van der Waals surface area contributed by atoms with E-state index in [9.17, 15) is 4.79 Å². The van der Waals surface area contributed by atoms with Crippen LogP contribution in [-0.4, -0.2) is 35.5 Å². The van der Waals surface area contributed by atoms with Gasteiger partial charge in [-0.3, -0.25) is 4.79 Å². The minimum atomic E-state index is -0.478. The van der Waals surface area contributed by atoms with Gasteiger partial charge in [0.1, 0.15) is 12.4 Å². The van der Waals surface area contributed by atoms with Gasteiger partial charge in [-0.25, -0.2) is 0 Å². The lowest BCUT2D eigenvalue weighted by Gasteiger charge is -2.32. The van der Waals surface area contributed by atoms with Crippen molar-refractivity contribution in [1.29, 1.82) is 0 Å². The highest BCUT2D eigenvalue weighted by molar-refractivity contribution is 6.62. The number of aromatic nitrogens is 1. The zero-order valence-electron chi connectivity index (χ0n) is 22.2. The summed E-state index contributed by atoms with van der Waals surface area (Å²) in [4.78, 5) is 12.1. The van der Waals surface area contributed by atoms with Gasteiger partial charge in [0.2, 0.25) is 0 Å². The van der Waals surface area contributed by atoms with Gasteiger partial charge in [-0.15, -0.1) is 0 Å². The van der Waals surface area contributed by atoms with Crippen LogP contribution in [0, 0.1) is 5.92 Å². The number of para-hydroxylation sites is 1. The van der Waals surface area contributed by atoms with Gasteiger partial charge in [-0.05, 0) is 82.6 Å². The second-order valence-corrected chi connectivity index (χ2v) is 10.6. The summed E-state index contributed by atoms with van der Waals surface area (Å²) in [6.07, 6.45) is 6.96. The number of ether oxygens (including phenoxy) is 2. The van der Waals surface area contributed by atoms with E-state index in [4.69, 9.17) is 18.8 Å². The predicted octanol–water partition coefficient (Wildman–Crippen LogP) is 5.01. The molecule has 1 aromatic heterocycles. The van der Waals surface area contributed by atoms with Gasteiger partial charge in [0.25, 0.3) is 0 Å². The number of esters is 1. The third-order valence-corrected chi connectivity index (χ3v) is 7.10. The zero-order chi connectivity index (χ0) is 25.8. The van der Waals surface area contributed by atoms with Crippen LogP contribution in [0.4, 0.5) is 0 Å². The first-order valence-electron chi connectivity index (χ1n) is 12.9. The molecule has 2 heterocycles. The molecule has 0 amide bonds. The van der Waals surface area contributed by atoms with Gasteiger partial charge in [0, 0.05) is 24.5 Å². The lowest BCUT2D eigenvalue weighted by Crippen LogP contribution is -2.41. The van der Waals surface area contributed by atoms with E-state index in [1.807, 2.05) is 31.2 Å². The molecule has 6 nitrogen and oxygen atoms in total. The maximum Gasteiger partial charge on any atom is 0.494 e. The monoisotopic (exact) mass is 491 g/mol. The maximum atomic E-state index is 12.1. The Labute approximate surface area is 215 Å². The van der Waals surface area contributed by atoms with Crippen LogP contribution in [0.25, 0.3) is 0 Å². The highest BCUT2D eigenvalue weighted by atomic mass is 16.7. The van der Waals surface area contributed by atoms with Crippen molar-refractivity contribution in [2.45, 2.75) is 78.2 Å². The molecular formula is C29H38BNO5. The number of benzene rings is 1. The molecule has 1 saturated carbocycles. The molecule has 0 N–H and O–H groups in total. The van der Waals surface area contributed by atoms with Crippen molar-refractivity contribution in [2.24, 2.45) is 5.92 Å². The summed E-state index contributed by atoms with van der Waals surface area (Å²) in [5, 5.41) is 0. The molecule has 0 unspecified atom stereocenters. The Morgan fingerprint density at radius 2 is 1.75 bits per heavy atom. The van der Waals surface area contributed by atoms with E-state index in [1.54, 1.807) is 0 Å². The molecular weight excluding hydrogens is 453 g/mol. The van der Waals surface area contributed by atoms with Crippen molar-refractivity contribution in [3.8, 4) is 5.75 Å². The molecule has 0 radical (unpaired) electrons. The number of carbonyl (C=O) groups is 1. The van der Waals surface area contributed by atoms with Gasteiger partial charge in [0.15, 0.2) is 0 Å². The largest absolute Gasteiger partial charge is 0.494 e. The van der Waals surface area contributed by atoms with Gasteiger partial charge in [-0.2, -0.15) is 0 Å². The Morgan fingerprint density at radius 3 is 2.44 bits per heavy atom. The van der Waals surface area contributed by atoms with Crippen LogP contribution in [0.2, 0.25) is 0 Å². The first-order chi connectivity index (χ1) is 17.2. The molecule has 2 aromatic rings. The van der Waals surface area contributed by atoms with Crippen molar-refractivity contribution in [3.63, 3.8) is 0 Å². The molecule has 2 aliphatic rings. The Bertz CT molecular complexity index is 1100. The molecule has 0 spiro atoms. The lowest BCUT2D eigenvalue weighted by atomic mass is 9.79. The van der Waals surface area contributed by atoms with Crippen LogP contribution >= 0.6 is 0 Å². The summed E-state index contributed by atoms with van der Waals surface area (Å²) in [5.41, 5.74) is 1.87. The molecule has 2 fully saturated rings. The first-order valence-corrected chi connectivity index (χ1v) is 12.9. The fraction of sp³-hybridized carbons (Fsp3) is 0.483. The average molecular weight is 491 g/mol. The van der Waals surface area contributed by atoms with Gasteiger partial charge in [0.05, 0.1) is 24.2 Å². The first kappa shape index (κ1) is 26.3. The maximum absolute atomic E-state index is 12.1. The second-order valence-electron chi connectivity index (χ2n) is 10.6. The number of rotatable bonds is 9. The molecule has 0 atom stereocenters. The highest BCUT2D eigenvalue weighted by Gasteiger charge is 2.51. The Balaban J connectivity index is 1.62. The Hall–Kier alpha value is -2.77. The third kappa shape index (κ3) is 6.71. The minimum Gasteiger partial charge on any atom is -0.489 e. The Kier molecular flexibility index (Phi) is 8.11. The third-order valence-electron chi connectivity index (χ3n) is 7.10. The van der Waals surface area contributed by atoms with E-state index in [0.29, 0.717) is 19.0 Å². The lowest BCUT2D eigenvalue weighted by molar-refractivity contribution is -0.142. The number of hydrogen-bond donors (Lipinski definition) is 0. The van der Waals surface area contributed by atoms with Crippen molar-refractivity contribution < 1.29 is 23.6 Å². The molecule has 1 saturated heterocycles. The highest BCUT2D eigenvalue weighted by Crippen LogP contribution is 2.36. The van der Waals surface area contributed by atoms with Crippen molar-refractivity contribution in [1.82, 2.24) is 4.57 Å². The van der Waals surface area contributed by atoms with Gasteiger partial charge >= 0.3 is 13.1 Å². The average Bonchev–Trinajstić information content (AvgIpc) is 3.58. The topological polar surface area (TPSA) is 58.9 Å². The molecule has 1 aliphatic carbocycles. The summed E-state index contributed by atoms with van der Waals surface area (Å²) >= 11 is 0. The number of nitrogens with zero attached hydrogens (tertiary/aromatic N) is 1. The summed E-state index contributed by atoms with van der Waals surface area (Å²) in [6.45, 7) is 11.7. The van der Waals surface area contributed by atoms with E-state index in [-0.39, 0.29) is 12.4 Å². The van der Waals surface area contributed by atoms with Gasteiger partial charge in [-0.1, -0.05) is 30.3 Å². The summed E-state index contributed by atoms with van der Waals surface area (Å²) in [7, 11) is -0.478. The van der Waals surface area contributed by atoms with Crippen molar-refractivity contribution in [3.05, 3.63) is 72.1 Å². The van der Waals surface area contributed by atoms with E-state index in [0.717, 1.165) is 29.1 Å². The van der Waals surface area contributed by atoms with Crippen molar-refractivity contribution >= 4 is 18.6 Å². The van der Waals surface area contributed by atoms with Crippen LogP contribution in [0.1, 0.15) is 58.6 Å². The number of hydrogen-bond acceptors (Lipinski definition) is 5.